The van der Waals surface area contributed by atoms with Gasteiger partial charge in [0.1, 0.15) is 11.5 Å². The van der Waals surface area contributed by atoms with E-state index in [4.69, 9.17) is 21.7 Å². The van der Waals surface area contributed by atoms with Gasteiger partial charge >= 0.3 is 0 Å². The number of rotatable bonds is 6. The zero-order valence-corrected chi connectivity index (χ0v) is 15.4. The van der Waals surface area contributed by atoms with E-state index < -0.39 is 11.8 Å². The van der Waals surface area contributed by atoms with Gasteiger partial charge in [0, 0.05) is 6.08 Å². The van der Waals surface area contributed by atoms with Crippen molar-refractivity contribution in [1.82, 2.24) is 16.2 Å². The van der Waals surface area contributed by atoms with Crippen LogP contribution in [-0.4, -0.2) is 30.6 Å². The van der Waals surface area contributed by atoms with Crippen LogP contribution in [0.1, 0.15) is 5.56 Å². The first-order valence-corrected chi connectivity index (χ1v) is 8.37. The molecule has 8 heteroatoms. The van der Waals surface area contributed by atoms with Crippen LogP contribution < -0.4 is 25.6 Å². The van der Waals surface area contributed by atoms with Gasteiger partial charge < -0.3 is 9.47 Å². The van der Waals surface area contributed by atoms with Crippen LogP contribution >= 0.6 is 12.2 Å². The van der Waals surface area contributed by atoms with Gasteiger partial charge in [0.2, 0.25) is 5.91 Å². The largest absolute Gasteiger partial charge is 0.497 e. The number of hydrogen-bond donors (Lipinski definition) is 3. The number of carbonyl (C=O) groups is 2. The Morgan fingerprint density at radius 1 is 1.00 bits per heavy atom. The topological polar surface area (TPSA) is 88.7 Å². The highest BCUT2D eigenvalue weighted by Crippen LogP contribution is 2.12. The van der Waals surface area contributed by atoms with Crippen molar-refractivity contribution in [2.75, 3.05) is 13.7 Å². The lowest BCUT2D eigenvalue weighted by atomic mass is 10.2. The Hall–Kier alpha value is -3.39. The van der Waals surface area contributed by atoms with Gasteiger partial charge in [-0.25, -0.2) is 0 Å². The first-order chi connectivity index (χ1) is 13.1. The molecule has 0 aliphatic rings. The third-order valence-corrected chi connectivity index (χ3v) is 3.41. The summed E-state index contributed by atoms with van der Waals surface area (Å²) >= 11 is 4.94. The van der Waals surface area contributed by atoms with Crippen molar-refractivity contribution in [3.63, 3.8) is 0 Å². The minimum atomic E-state index is -0.441. The summed E-state index contributed by atoms with van der Waals surface area (Å²) in [6.07, 6.45) is 2.96. The van der Waals surface area contributed by atoms with Crippen molar-refractivity contribution in [2.45, 2.75) is 0 Å². The summed E-state index contributed by atoms with van der Waals surface area (Å²) in [6.45, 7) is -0.190. The Bertz CT molecular complexity index is 807. The Labute approximate surface area is 162 Å². The van der Waals surface area contributed by atoms with Crippen molar-refractivity contribution in [3.8, 4) is 11.5 Å². The van der Waals surface area contributed by atoms with E-state index in [0.29, 0.717) is 5.75 Å². The number of hydrazine groups is 1. The lowest BCUT2D eigenvalue weighted by molar-refractivity contribution is -0.123. The summed E-state index contributed by atoms with van der Waals surface area (Å²) in [5, 5.41) is 2.38. The molecule has 0 aliphatic carbocycles. The highest BCUT2D eigenvalue weighted by molar-refractivity contribution is 7.80. The first-order valence-electron chi connectivity index (χ1n) is 7.96. The van der Waals surface area contributed by atoms with Crippen molar-refractivity contribution in [3.05, 3.63) is 66.2 Å². The second-order valence-electron chi connectivity index (χ2n) is 5.20. The zero-order valence-electron chi connectivity index (χ0n) is 14.6. The Morgan fingerprint density at radius 2 is 1.70 bits per heavy atom. The van der Waals surface area contributed by atoms with E-state index in [9.17, 15) is 9.59 Å². The molecule has 3 N–H and O–H groups in total. The van der Waals surface area contributed by atoms with Crippen LogP contribution in [0.4, 0.5) is 0 Å². The minimum Gasteiger partial charge on any atom is -0.497 e. The summed E-state index contributed by atoms with van der Waals surface area (Å²) < 4.78 is 10.3. The molecule has 0 spiro atoms. The second kappa shape index (κ2) is 10.6. The number of ether oxygens (including phenoxy) is 2. The predicted octanol–water partition coefficient (Wildman–Crippen LogP) is 1.81. The molecule has 2 amide bonds. The maximum Gasteiger partial charge on any atom is 0.276 e. The SMILES string of the molecule is COc1ccc(C=CC(=O)NC(=S)NNC(=O)COc2ccccc2)cc1. The maximum absolute atomic E-state index is 11.8. The molecule has 2 aromatic rings. The lowest BCUT2D eigenvalue weighted by Gasteiger charge is -2.10. The van der Waals surface area contributed by atoms with Crippen molar-refractivity contribution in [1.29, 1.82) is 0 Å². The Kier molecular flexibility index (Phi) is 7.80. The van der Waals surface area contributed by atoms with Crippen LogP contribution in [-0.2, 0) is 9.59 Å². The highest BCUT2D eigenvalue weighted by atomic mass is 32.1. The molecule has 2 aromatic carbocycles. The maximum atomic E-state index is 11.8. The number of para-hydroxylation sites is 1. The molecule has 140 valence electrons. The average Bonchev–Trinajstić information content (AvgIpc) is 2.70. The second-order valence-corrected chi connectivity index (χ2v) is 5.61. The van der Waals surface area contributed by atoms with Gasteiger partial charge in [-0.15, -0.1) is 0 Å². The molecule has 0 saturated heterocycles. The monoisotopic (exact) mass is 385 g/mol. The molecule has 0 radical (unpaired) electrons. The van der Waals surface area contributed by atoms with E-state index in [-0.39, 0.29) is 11.7 Å². The zero-order chi connectivity index (χ0) is 19.5. The molecule has 0 heterocycles. The number of amides is 2. The molecule has 0 atom stereocenters. The third kappa shape index (κ3) is 7.57. The van der Waals surface area contributed by atoms with E-state index in [1.807, 2.05) is 18.2 Å². The standard InChI is InChI=1S/C19H19N3O4S/c1-25-15-10-7-14(8-11-15)9-12-17(23)20-19(27)22-21-18(24)13-26-16-5-3-2-4-6-16/h2-12H,13H2,1H3,(H,21,24)(H2,20,22,23,27). The van der Waals surface area contributed by atoms with Gasteiger partial charge in [-0.05, 0) is 48.1 Å². The fraction of sp³-hybridized carbons (Fsp3) is 0.105. The van der Waals surface area contributed by atoms with Gasteiger partial charge in [-0.1, -0.05) is 30.3 Å². The summed E-state index contributed by atoms with van der Waals surface area (Å²) in [5.41, 5.74) is 5.60. The van der Waals surface area contributed by atoms with E-state index in [1.54, 1.807) is 49.6 Å². The normalized spacial score (nSPS) is 10.1. The molecule has 7 nitrogen and oxygen atoms in total. The molecule has 0 saturated carbocycles. The summed E-state index contributed by atoms with van der Waals surface area (Å²) in [5.74, 6) is 0.434. The quantitative estimate of drug-likeness (QED) is 0.399. The fourth-order valence-electron chi connectivity index (χ4n) is 1.90. The van der Waals surface area contributed by atoms with Crippen LogP contribution in [0.5, 0.6) is 11.5 Å². The van der Waals surface area contributed by atoms with Gasteiger partial charge in [0.25, 0.3) is 5.91 Å². The Morgan fingerprint density at radius 3 is 2.37 bits per heavy atom. The summed E-state index contributed by atoms with van der Waals surface area (Å²) in [7, 11) is 1.58. The summed E-state index contributed by atoms with van der Waals surface area (Å²) in [4.78, 5) is 23.5. The molecular formula is C19H19N3O4S. The molecule has 0 aliphatic heterocycles. The van der Waals surface area contributed by atoms with Crippen molar-refractivity contribution in [2.24, 2.45) is 0 Å². The average molecular weight is 385 g/mol. The molecule has 0 bridgehead atoms. The molecule has 0 aromatic heterocycles. The summed E-state index contributed by atoms with van der Waals surface area (Å²) in [6, 6.07) is 16.1. The van der Waals surface area contributed by atoms with Gasteiger partial charge in [0.05, 0.1) is 7.11 Å². The lowest BCUT2D eigenvalue weighted by Crippen LogP contribution is -2.49. The number of benzene rings is 2. The first kappa shape index (κ1) is 19.9. The van der Waals surface area contributed by atoms with E-state index in [1.165, 1.54) is 6.08 Å². The molecule has 2 rings (SSSR count). The van der Waals surface area contributed by atoms with Crippen LogP contribution in [0.25, 0.3) is 6.08 Å². The van der Waals surface area contributed by atoms with E-state index >= 15 is 0 Å². The van der Waals surface area contributed by atoms with Crippen molar-refractivity contribution < 1.29 is 19.1 Å². The number of methoxy groups -OCH3 is 1. The van der Waals surface area contributed by atoms with Gasteiger partial charge in [-0.3, -0.25) is 25.8 Å². The van der Waals surface area contributed by atoms with Crippen LogP contribution in [0.2, 0.25) is 0 Å². The van der Waals surface area contributed by atoms with Gasteiger partial charge in [0.15, 0.2) is 11.7 Å². The molecule has 27 heavy (non-hydrogen) atoms. The number of carbonyl (C=O) groups excluding carboxylic acids is 2. The van der Waals surface area contributed by atoms with Crippen LogP contribution in [0.3, 0.4) is 0 Å². The number of hydrogen-bond acceptors (Lipinski definition) is 5. The molecule has 0 unspecified atom stereocenters. The highest BCUT2D eigenvalue weighted by Gasteiger charge is 2.05. The minimum absolute atomic E-state index is 0.0348. The third-order valence-electron chi connectivity index (χ3n) is 3.21. The van der Waals surface area contributed by atoms with Crippen molar-refractivity contribution >= 4 is 35.2 Å². The smallest absolute Gasteiger partial charge is 0.276 e. The predicted molar refractivity (Wildman–Crippen MR) is 106 cm³/mol. The Balaban J connectivity index is 1.68. The molecule has 0 fully saturated rings. The fourth-order valence-corrected chi connectivity index (χ4v) is 2.05. The van der Waals surface area contributed by atoms with Crippen LogP contribution in [0.15, 0.2) is 60.7 Å². The van der Waals surface area contributed by atoms with E-state index in [2.05, 4.69) is 16.2 Å². The molecular weight excluding hydrogens is 366 g/mol. The number of nitrogens with one attached hydrogen (secondary N) is 3. The van der Waals surface area contributed by atoms with Crippen LogP contribution in [0, 0.1) is 0 Å². The van der Waals surface area contributed by atoms with E-state index in [0.717, 1.165) is 11.3 Å². The number of thiocarbonyl (C=S) groups is 1. The van der Waals surface area contributed by atoms with Gasteiger partial charge in [-0.2, -0.15) is 0 Å².